The van der Waals surface area contributed by atoms with Crippen molar-refractivity contribution in [3.63, 3.8) is 0 Å². The predicted molar refractivity (Wildman–Crippen MR) is 116 cm³/mol. The van der Waals surface area contributed by atoms with E-state index in [2.05, 4.69) is 10.3 Å². The fourth-order valence-corrected chi connectivity index (χ4v) is 3.99. The average Bonchev–Trinajstić information content (AvgIpc) is 3.19. The van der Waals surface area contributed by atoms with Crippen LogP contribution < -0.4 is 5.32 Å². The van der Waals surface area contributed by atoms with Crippen molar-refractivity contribution in [2.75, 3.05) is 33.9 Å². The number of hydrogen-bond donors (Lipinski definition) is 1. The summed E-state index contributed by atoms with van der Waals surface area (Å²) in [6.07, 6.45) is 0.784. The molecule has 0 radical (unpaired) electrons. The average molecular weight is 469 g/mol. The molecular formula is C23H21F2N5O4. The summed E-state index contributed by atoms with van der Waals surface area (Å²) in [5.41, 5.74) is 0.540. The smallest absolute Gasteiger partial charge is 0.409 e. The molecule has 1 saturated heterocycles. The number of nitrogens with zero attached hydrogens (tertiary/aromatic N) is 4. The van der Waals surface area contributed by atoms with Crippen LogP contribution in [0.5, 0.6) is 0 Å². The zero-order chi connectivity index (χ0) is 24.4. The number of nitriles is 1. The monoisotopic (exact) mass is 469 g/mol. The quantitative estimate of drug-likeness (QED) is 0.629. The van der Waals surface area contributed by atoms with Gasteiger partial charge in [0.25, 0.3) is 5.91 Å². The summed E-state index contributed by atoms with van der Waals surface area (Å²) in [5.74, 6) is -2.54. The molecule has 9 nitrogen and oxygen atoms in total. The van der Waals surface area contributed by atoms with Gasteiger partial charge in [-0.3, -0.25) is 4.79 Å². The normalized spacial score (nSPS) is 15.7. The SMILES string of the molecule is CNC(=O)c1cc(F)c(-c2nc3cc(C#N)ccn3c2C[C@H]2CN(C(=O)OC)CCO2)c(F)c1. The van der Waals surface area contributed by atoms with E-state index in [0.29, 0.717) is 23.4 Å². The number of carbonyl (C=O) groups is 2. The van der Waals surface area contributed by atoms with Crippen LogP contribution in [0.3, 0.4) is 0 Å². The number of aromatic nitrogens is 2. The maximum atomic E-state index is 15.1. The Labute approximate surface area is 193 Å². The number of methoxy groups -OCH3 is 1. The number of pyridine rings is 1. The van der Waals surface area contributed by atoms with Crippen molar-refractivity contribution in [1.29, 1.82) is 5.26 Å². The second-order valence-corrected chi connectivity index (χ2v) is 7.67. The van der Waals surface area contributed by atoms with Crippen LogP contribution in [0.2, 0.25) is 0 Å². The molecule has 0 spiro atoms. The van der Waals surface area contributed by atoms with Crippen LogP contribution in [0.1, 0.15) is 21.6 Å². The first-order chi connectivity index (χ1) is 16.4. The van der Waals surface area contributed by atoms with Crippen molar-refractivity contribution >= 4 is 17.6 Å². The van der Waals surface area contributed by atoms with Crippen LogP contribution in [-0.2, 0) is 15.9 Å². The molecule has 2 amide bonds. The van der Waals surface area contributed by atoms with E-state index in [1.807, 2.05) is 6.07 Å². The first kappa shape index (κ1) is 23.1. The fourth-order valence-electron chi connectivity index (χ4n) is 3.99. The molecule has 0 unspecified atom stereocenters. The summed E-state index contributed by atoms with van der Waals surface area (Å²) in [7, 11) is 2.65. The van der Waals surface area contributed by atoms with Crippen molar-refractivity contribution in [3.05, 3.63) is 58.9 Å². The van der Waals surface area contributed by atoms with Gasteiger partial charge in [0.15, 0.2) is 0 Å². The summed E-state index contributed by atoms with van der Waals surface area (Å²) >= 11 is 0. The van der Waals surface area contributed by atoms with Gasteiger partial charge < -0.3 is 24.1 Å². The first-order valence-corrected chi connectivity index (χ1v) is 10.4. The van der Waals surface area contributed by atoms with Crippen molar-refractivity contribution < 1.29 is 27.8 Å². The lowest BCUT2D eigenvalue weighted by Crippen LogP contribution is -2.46. The predicted octanol–water partition coefficient (Wildman–Crippen LogP) is 2.52. The van der Waals surface area contributed by atoms with Gasteiger partial charge in [0.2, 0.25) is 0 Å². The summed E-state index contributed by atoms with van der Waals surface area (Å²) < 4.78 is 42.4. The van der Waals surface area contributed by atoms with Gasteiger partial charge in [-0.15, -0.1) is 0 Å². The van der Waals surface area contributed by atoms with E-state index in [1.165, 1.54) is 25.1 Å². The highest BCUT2D eigenvalue weighted by molar-refractivity contribution is 5.94. The van der Waals surface area contributed by atoms with E-state index in [9.17, 15) is 14.9 Å². The van der Waals surface area contributed by atoms with Gasteiger partial charge in [-0.25, -0.2) is 18.6 Å². The standard InChI is InChI=1S/C23H21F2N5O4/c1-27-22(31)14-8-16(24)20(17(25)9-14)21-18(30-4-3-13(11-26)7-19(30)28-21)10-15-12-29(5-6-34-15)23(32)33-2/h3-4,7-9,15H,5-6,10,12H2,1-2H3,(H,27,31)/t15-/m0/s1. The Morgan fingerprint density at radius 3 is 2.71 bits per heavy atom. The topological polar surface area (TPSA) is 109 Å². The van der Waals surface area contributed by atoms with Crippen molar-refractivity contribution in [1.82, 2.24) is 19.6 Å². The lowest BCUT2D eigenvalue weighted by atomic mass is 10.0. The molecule has 11 heteroatoms. The zero-order valence-corrected chi connectivity index (χ0v) is 18.5. The van der Waals surface area contributed by atoms with Crippen LogP contribution in [0.25, 0.3) is 16.9 Å². The molecule has 1 aliphatic heterocycles. The summed E-state index contributed by atoms with van der Waals surface area (Å²) in [5, 5.41) is 11.6. The third-order valence-corrected chi connectivity index (χ3v) is 5.61. The van der Waals surface area contributed by atoms with Gasteiger partial charge in [-0.2, -0.15) is 5.26 Å². The maximum Gasteiger partial charge on any atom is 0.409 e. The molecule has 34 heavy (non-hydrogen) atoms. The van der Waals surface area contributed by atoms with Crippen LogP contribution in [0.15, 0.2) is 30.5 Å². The molecule has 1 aliphatic rings. The van der Waals surface area contributed by atoms with Gasteiger partial charge in [-0.1, -0.05) is 0 Å². The highest BCUT2D eigenvalue weighted by Gasteiger charge is 2.29. The number of halogens is 2. The number of hydrogen-bond acceptors (Lipinski definition) is 6. The van der Waals surface area contributed by atoms with E-state index in [1.54, 1.807) is 16.7 Å². The Hall–Kier alpha value is -4.04. The molecule has 1 atom stereocenters. The third-order valence-electron chi connectivity index (χ3n) is 5.61. The van der Waals surface area contributed by atoms with Crippen LogP contribution >= 0.6 is 0 Å². The molecule has 176 valence electrons. The molecule has 1 aromatic carbocycles. The number of nitrogens with one attached hydrogen (secondary N) is 1. The summed E-state index contributed by atoms with van der Waals surface area (Å²) in [6.45, 7) is 0.850. The molecule has 2 aromatic heterocycles. The summed E-state index contributed by atoms with van der Waals surface area (Å²) in [6, 6.07) is 6.97. The molecule has 0 aliphatic carbocycles. The second kappa shape index (κ2) is 9.44. The first-order valence-electron chi connectivity index (χ1n) is 10.4. The van der Waals surface area contributed by atoms with E-state index in [4.69, 9.17) is 9.47 Å². The zero-order valence-electron chi connectivity index (χ0n) is 18.5. The van der Waals surface area contributed by atoms with E-state index in [-0.39, 0.29) is 30.8 Å². The van der Waals surface area contributed by atoms with E-state index >= 15 is 8.78 Å². The number of morpholine rings is 1. The third kappa shape index (κ3) is 4.27. The molecule has 0 bridgehead atoms. The molecule has 3 heterocycles. The van der Waals surface area contributed by atoms with Crippen LogP contribution in [0, 0.1) is 23.0 Å². The van der Waals surface area contributed by atoms with Gasteiger partial charge in [-0.05, 0) is 24.3 Å². The van der Waals surface area contributed by atoms with Gasteiger partial charge in [0, 0.05) is 31.8 Å². The Kier molecular flexibility index (Phi) is 6.43. The highest BCUT2D eigenvalue weighted by Crippen LogP contribution is 2.32. The molecule has 1 fully saturated rings. The van der Waals surface area contributed by atoms with Crippen LogP contribution in [-0.4, -0.2) is 66.2 Å². The number of ether oxygens (including phenoxy) is 2. The Bertz CT molecular complexity index is 1290. The Balaban J connectivity index is 1.81. The Morgan fingerprint density at radius 1 is 1.32 bits per heavy atom. The number of rotatable bonds is 4. The van der Waals surface area contributed by atoms with Gasteiger partial charge in [0.1, 0.15) is 17.3 Å². The lowest BCUT2D eigenvalue weighted by Gasteiger charge is -2.32. The summed E-state index contributed by atoms with van der Waals surface area (Å²) in [4.78, 5) is 29.7. The van der Waals surface area contributed by atoms with E-state index in [0.717, 1.165) is 12.1 Å². The number of amides is 2. The minimum absolute atomic E-state index is 0.0207. The largest absolute Gasteiger partial charge is 0.453 e. The van der Waals surface area contributed by atoms with Gasteiger partial charge >= 0.3 is 6.09 Å². The molecule has 4 rings (SSSR count). The Morgan fingerprint density at radius 2 is 2.06 bits per heavy atom. The second-order valence-electron chi connectivity index (χ2n) is 7.67. The minimum atomic E-state index is -0.954. The van der Waals surface area contributed by atoms with Crippen molar-refractivity contribution in [2.24, 2.45) is 0 Å². The number of fused-ring (bicyclic) bond motifs is 1. The van der Waals surface area contributed by atoms with E-state index < -0.39 is 35.3 Å². The minimum Gasteiger partial charge on any atom is -0.453 e. The fraction of sp³-hybridized carbons (Fsp3) is 0.304. The number of benzene rings is 1. The number of carbonyl (C=O) groups excluding carboxylic acids is 2. The molecule has 3 aromatic rings. The molecule has 1 N–H and O–H groups in total. The molecular weight excluding hydrogens is 448 g/mol. The van der Waals surface area contributed by atoms with Crippen LogP contribution in [0.4, 0.5) is 13.6 Å². The number of imidazole rings is 1. The van der Waals surface area contributed by atoms with Gasteiger partial charge in [0.05, 0.1) is 54.9 Å². The maximum absolute atomic E-state index is 15.1. The lowest BCUT2D eigenvalue weighted by molar-refractivity contribution is -0.0241. The highest BCUT2D eigenvalue weighted by atomic mass is 19.1. The van der Waals surface area contributed by atoms with Crippen molar-refractivity contribution in [3.8, 4) is 17.3 Å². The van der Waals surface area contributed by atoms with Crippen molar-refractivity contribution in [2.45, 2.75) is 12.5 Å². The molecule has 0 saturated carbocycles.